The van der Waals surface area contributed by atoms with Gasteiger partial charge in [-0.15, -0.1) is 0 Å². The van der Waals surface area contributed by atoms with E-state index < -0.39 is 0 Å². The summed E-state index contributed by atoms with van der Waals surface area (Å²) in [6.45, 7) is 0. The molecule has 0 fully saturated rings. The van der Waals surface area contributed by atoms with Crippen molar-refractivity contribution in [3.05, 3.63) is 18.0 Å². The standard InChI is InChI=1S/C5H5N3/c1-2-4(1)5-3-6-8-7-5/h1,3H,2H2,(H,6,7,8). The van der Waals surface area contributed by atoms with E-state index in [0.717, 1.165) is 12.1 Å². The fourth-order valence-electron chi connectivity index (χ4n) is 0.616. The Labute approximate surface area is 46.4 Å². The van der Waals surface area contributed by atoms with Gasteiger partial charge in [0.15, 0.2) is 0 Å². The number of nitrogens with zero attached hydrogens (tertiary/aromatic N) is 2. The Kier molecular flexibility index (Phi) is 0.566. The van der Waals surface area contributed by atoms with Gasteiger partial charge in [0, 0.05) is 0 Å². The minimum atomic E-state index is 0.991. The number of allylic oxidation sites excluding steroid dienone is 2. The van der Waals surface area contributed by atoms with Crippen molar-refractivity contribution >= 4 is 5.57 Å². The van der Waals surface area contributed by atoms with Gasteiger partial charge in [0.05, 0.1) is 6.20 Å². The second-order valence-corrected chi connectivity index (χ2v) is 1.79. The molecule has 1 aliphatic carbocycles. The summed E-state index contributed by atoms with van der Waals surface area (Å²) in [4.78, 5) is 0. The van der Waals surface area contributed by atoms with Crippen LogP contribution in [0.2, 0.25) is 0 Å². The highest BCUT2D eigenvalue weighted by atomic mass is 15.3. The van der Waals surface area contributed by atoms with E-state index in [2.05, 4.69) is 21.5 Å². The van der Waals surface area contributed by atoms with Gasteiger partial charge in [-0.3, -0.25) is 0 Å². The predicted molar refractivity (Wildman–Crippen MR) is 29.0 cm³/mol. The molecule has 0 spiro atoms. The zero-order chi connectivity index (χ0) is 5.40. The molecule has 1 heterocycles. The average molecular weight is 107 g/mol. The zero-order valence-electron chi connectivity index (χ0n) is 4.26. The summed E-state index contributed by atoms with van der Waals surface area (Å²) in [7, 11) is 0. The molecule has 1 N–H and O–H groups in total. The first-order chi connectivity index (χ1) is 3.97. The van der Waals surface area contributed by atoms with Gasteiger partial charge in [-0.1, -0.05) is 6.08 Å². The molecular weight excluding hydrogens is 102 g/mol. The first kappa shape index (κ1) is 3.83. The Hall–Kier alpha value is -1.12. The van der Waals surface area contributed by atoms with Crippen molar-refractivity contribution in [2.24, 2.45) is 0 Å². The molecule has 1 aliphatic rings. The van der Waals surface area contributed by atoms with Crippen LogP contribution < -0.4 is 0 Å². The highest BCUT2D eigenvalue weighted by molar-refractivity contribution is 5.74. The summed E-state index contributed by atoms with van der Waals surface area (Å²) in [5.74, 6) is 0. The maximum Gasteiger partial charge on any atom is 0.108 e. The first-order valence-corrected chi connectivity index (χ1v) is 2.52. The summed E-state index contributed by atoms with van der Waals surface area (Å²) >= 11 is 0. The Morgan fingerprint density at radius 2 is 2.50 bits per heavy atom. The summed E-state index contributed by atoms with van der Waals surface area (Å²) in [6.07, 6.45) is 4.95. The molecule has 0 bridgehead atoms. The van der Waals surface area contributed by atoms with E-state index >= 15 is 0 Å². The van der Waals surface area contributed by atoms with E-state index in [1.165, 1.54) is 5.57 Å². The van der Waals surface area contributed by atoms with Crippen LogP contribution in [0.5, 0.6) is 0 Å². The minimum Gasteiger partial charge on any atom is -0.197 e. The summed E-state index contributed by atoms with van der Waals surface area (Å²) in [5, 5.41) is 10.1. The third-order valence-corrected chi connectivity index (χ3v) is 1.15. The van der Waals surface area contributed by atoms with Crippen molar-refractivity contribution in [2.75, 3.05) is 0 Å². The maximum absolute atomic E-state index is 3.87. The maximum atomic E-state index is 3.87. The fraction of sp³-hybridized carbons (Fsp3) is 0.200. The van der Waals surface area contributed by atoms with Crippen molar-refractivity contribution in [3.63, 3.8) is 0 Å². The summed E-state index contributed by atoms with van der Waals surface area (Å²) in [5.41, 5.74) is 2.30. The molecule has 0 amide bonds. The van der Waals surface area contributed by atoms with E-state index in [0.29, 0.717) is 0 Å². The van der Waals surface area contributed by atoms with Gasteiger partial charge in [-0.05, 0) is 12.0 Å². The van der Waals surface area contributed by atoms with E-state index in [-0.39, 0.29) is 0 Å². The molecule has 0 aliphatic heterocycles. The Balaban J connectivity index is 2.41. The largest absolute Gasteiger partial charge is 0.197 e. The molecule has 1 aromatic heterocycles. The van der Waals surface area contributed by atoms with Crippen molar-refractivity contribution in [2.45, 2.75) is 6.42 Å². The lowest BCUT2D eigenvalue weighted by Crippen LogP contribution is -1.70. The number of aromatic nitrogens is 3. The van der Waals surface area contributed by atoms with Crippen LogP contribution in [-0.2, 0) is 0 Å². The van der Waals surface area contributed by atoms with E-state index in [1.54, 1.807) is 6.20 Å². The molecule has 40 valence electrons. The molecule has 0 radical (unpaired) electrons. The topological polar surface area (TPSA) is 41.6 Å². The van der Waals surface area contributed by atoms with Crippen LogP contribution in [-0.4, -0.2) is 15.4 Å². The molecule has 0 saturated heterocycles. The van der Waals surface area contributed by atoms with Crippen molar-refractivity contribution in [1.29, 1.82) is 0 Å². The van der Waals surface area contributed by atoms with Crippen molar-refractivity contribution in [3.8, 4) is 0 Å². The third kappa shape index (κ3) is 0.443. The Bertz CT molecular complexity index is 210. The van der Waals surface area contributed by atoms with Crippen molar-refractivity contribution < 1.29 is 0 Å². The molecule has 0 unspecified atom stereocenters. The summed E-state index contributed by atoms with van der Waals surface area (Å²) in [6, 6.07) is 0. The van der Waals surface area contributed by atoms with Gasteiger partial charge < -0.3 is 0 Å². The number of nitrogens with one attached hydrogen (secondary N) is 1. The van der Waals surface area contributed by atoms with Gasteiger partial charge >= 0.3 is 0 Å². The van der Waals surface area contributed by atoms with Crippen LogP contribution in [0.1, 0.15) is 12.1 Å². The second kappa shape index (κ2) is 1.18. The molecule has 3 nitrogen and oxygen atoms in total. The smallest absolute Gasteiger partial charge is 0.108 e. The molecule has 8 heavy (non-hydrogen) atoms. The third-order valence-electron chi connectivity index (χ3n) is 1.15. The van der Waals surface area contributed by atoms with Crippen molar-refractivity contribution in [1.82, 2.24) is 15.4 Å². The van der Waals surface area contributed by atoms with E-state index in [4.69, 9.17) is 0 Å². The van der Waals surface area contributed by atoms with Crippen LogP contribution in [0, 0.1) is 0 Å². The number of rotatable bonds is 1. The molecule has 0 aromatic carbocycles. The van der Waals surface area contributed by atoms with Crippen LogP contribution >= 0.6 is 0 Å². The zero-order valence-corrected chi connectivity index (χ0v) is 4.26. The lowest BCUT2D eigenvalue weighted by atomic mass is 10.4. The lowest BCUT2D eigenvalue weighted by Gasteiger charge is -1.74. The fourth-order valence-corrected chi connectivity index (χ4v) is 0.616. The van der Waals surface area contributed by atoms with Crippen LogP contribution in [0.4, 0.5) is 0 Å². The molecule has 0 saturated carbocycles. The summed E-state index contributed by atoms with van der Waals surface area (Å²) < 4.78 is 0. The van der Waals surface area contributed by atoms with Gasteiger partial charge in [-0.25, -0.2) is 0 Å². The SMILES string of the molecule is C1=C(c2cn[nH]n2)C1. The van der Waals surface area contributed by atoms with E-state index in [9.17, 15) is 0 Å². The average Bonchev–Trinajstić information content (AvgIpc) is 2.49. The van der Waals surface area contributed by atoms with E-state index in [1.807, 2.05) is 0 Å². The normalized spacial score (nSPS) is 15.8. The number of hydrogen-bond acceptors (Lipinski definition) is 2. The highest BCUT2D eigenvalue weighted by Gasteiger charge is 2.11. The first-order valence-electron chi connectivity index (χ1n) is 2.52. The number of aromatic amines is 1. The van der Waals surface area contributed by atoms with Gasteiger partial charge in [0.1, 0.15) is 5.69 Å². The molecule has 3 heteroatoms. The van der Waals surface area contributed by atoms with Crippen LogP contribution in [0.25, 0.3) is 5.57 Å². The lowest BCUT2D eigenvalue weighted by molar-refractivity contribution is 0.936. The molecular formula is C5H5N3. The number of H-pyrrole nitrogens is 1. The van der Waals surface area contributed by atoms with Crippen LogP contribution in [0.3, 0.4) is 0 Å². The predicted octanol–water partition coefficient (Wildman–Crippen LogP) is 0.592. The Morgan fingerprint density at radius 3 is 3.00 bits per heavy atom. The van der Waals surface area contributed by atoms with Crippen LogP contribution in [0.15, 0.2) is 12.3 Å². The quantitative estimate of drug-likeness (QED) is 0.570. The Morgan fingerprint density at radius 1 is 1.62 bits per heavy atom. The second-order valence-electron chi connectivity index (χ2n) is 1.79. The minimum absolute atomic E-state index is 0.991. The molecule has 2 rings (SSSR count). The molecule has 1 aromatic rings. The number of hydrogen-bond donors (Lipinski definition) is 1. The monoisotopic (exact) mass is 107 g/mol. The van der Waals surface area contributed by atoms with Gasteiger partial charge in [0.2, 0.25) is 0 Å². The highest BCUT2D eigenvalue weighted by Crippen LogP contribution is 2.27. The molecule has 0 atom stereocenters. The van der Waals surface area contributed by atoms with Gasteiger partial charge in [-0.2, -0.15) is 15.4 Å². The van der Waals surface area contributed by atoms with Gasteiger partial charge in [0.25, 0.3) is 0 Å².